The second-order valence-corrected chi connectivity index (χ2v) is 6.36. The minimum atomic E-state index is -0.169. The van der Waals surface area contributed by atoms with E-state index in [1.54, 1.807) is 5.57 Å². The first-order valence-electron chi connectivity index (χ1n) is 8.50. The molecule has 1 heterocycles. The first-order valence-corrected chi connectivity index (χ1v) is 8.50. The standard InChI is InChI=1S/C20H23NO2/c22-19-12-13-20(23)21(19)14-5-4-9-18(17-10-6-11-17)15-16-7-2-1-3-8-16/h1-3,7-8,10,12-13,18H,4-6,9,11,14-15H2. The van der Waals surface area contributed by atoms with Crippen molar-refractivity contribution in [2.75, 3.05) is 6.54 Å². The van der Waals surface area contributed by atoms with Crippen molar-refractivity contribution < 1.29 is 9.59 Å². The smallest absolute Gasteiger partial charge is 0.253 e. The summed E-state index contributed by atoms with van der Waals surface area (Å²) in [7, 11) is 0. The fourth-order valence-corrected chi connectivity index (χ4v) is 3.31. The van der Waals surface area contributed by atoms with E-state index in [0.29, 0.717) is 12.5 Å². The molecule has 3 heteroatoms. The van der Waals surface area contributed by atoms with E-state index in [1.807, 2.05) is 0 Å². The molecule has 0 bridgehead atoms. The molecule has 1 atom stereocenters. The molecule has 0 N–H and O–H groups in total. The van der Waals surface area contributed by atoms with Crippen molar-refractivity contribution in [3.63, 3.8) is 0 Å². The van der Waals surface area contributed by atoms with Gasteiger partial charge in [-0.15, -0.1) is 0 Å². The van der Waals surface area contributed by atoms with Crippen LogP contribution in [-0.4, -0.2) is 23.3 Å². The summed E-state index contributed by atoms with van der Waals surface area (Å²) in [5.41, 5.74) is 2.98. The van der Waals surface area contributed by atoms with Gasteiger partial charge >= 0.3 is 0 Å². The third kappa shape index (κ3) is 3.98. The van der Waals surface area contributed by atoms with E-state index in [2.05, 4.69) is 36.4 Å². The summed E-state index contributed by atoms with van der Waals surface area (Å²) in [6.07, 6.45) is 11.7. The van der Waals surface area contributed by atoms with Crippen LogP contribution in [0.5, 0.6) is 0 Å². The van der Waals surface area contributed by atoms with Gasteiger partial charge in [0.05, 0.1) is 0 Å². The van der Waals surface area contributed by atoms with Crippen LogP contribution in [0.2, 0.25) is 0 Å². The van der Waals surface area contributed by atoms with Crippen LogP contribution in [0, 0.1) is 5.92 Å². The molecule has 3 nitrogen and oxygen atoms in total. The van der Waals surface area contributed by atoms with Crippen LogP contribution in [0.1, 0.15) is 37.7 Å². The average molecular weight is 309 g/mol. The summed E-state index contributed by atoms with van der Waals surface area (Å²) in [5, 5.41) is 0. The summed E-state index contributed by atoms with van der Waals surface area (Å²) in [6.45, 7) is 0.543. The Bertz CT molecular complexity index is 612. The number of allylic oxidation sites excluding steroid dienone is 2. The van der Waals surface area contributed by atoms with Crippen LogP contribution in [0.15, 0.2) is 54.1 Å². The van der Waals surface area contributed by atoms with E-state index < -0.39 is 0 Å². The molecule has 3 rings (SSSR count). The second-order valence-electron chi connectivity index (χ2n) is 6.36. The minimum Gasteiger partial charge on any atom is -0.275 e. The van der Waals surface area contributed by atoms with Gasteiger partial charge in [-0.2, -0.15) is 0 Å². The molecule has 0 saturated heterocycles. The molecule has 0 saturated carbocycles. The molecule has 0 aromatic heterocycles. The lowest BCUT2D eigenvalue weighted by Crippen LogP contribution is -2.30. The highest BCUT2D eigenvalue weighted by atomic mass is 16.2. The van der Waals surface area contributed by atoms with Gasteiger partial charge in [0.15, 0.2) is 0 Å². The van der Waals surface area contributed by atoms with Crippen molar-refractivity contribution in [3.8, 4) is 0 Å². The third-order valence-corrected chi connectivity index (χ3v) is 4.77. The Balaban J connectivity index is 1.47. The lowest BCUT2D eigenvalue weighted by molar-refractivity contribution is -0.136. The zero-order chi connectivity index (χ0) is 16.1. The molecule has 2 amide bonds. The van der Waals surface area contributed by atoms with Gasteiger partial charge in [-0.05, 0) is 43.6 Å². The van der Waals surface area contributed by atoms with Gasteiger partial charge in [-0.3, -0.25) is 14.5 Å². The highest BCUT2D eigenvalue weighted by Crippen LogP contribution is 2.32. The molecule has 1 aromatic carbocycles. The summed E-state index contributed by atoms with van der Waals surface area (Å²) >= 11 is 0. The van der Waals surface area contributed by atoms with Crippen LogP contribution in [0.25, 0.3) is 0 Å². The first kappa shape index (κ1) is 15.7. The number of carbonyl (C=O) groups is 2. The Morgan fingerprint density at radius 3 is 2.30 bits per heavy atom. The fraction of sp³-hybridized carbons (Fsp3) is 0.400. The molecule has 0 radical (unpaired) electrons. The maximum atomic E-state index is 11.5. The van der Waals surface area contributed by atoms with Gasteiger partial charge in [0.25, 0.3) is 11.8 Å². The molecule has 1 aromatic rings. The van der Waals surface area contributed by atoms with E-state index in [0.717, 1.165) is 25.7 Å². The van der Waals surface area contributed by atoms with E-state index in [9.17, 15) is 9.59 Å². The normalized spacial score (nSPS) is 18.1. The van der Waals surface area contributed by atoms with E-state index in [1.165, 1.54) is 35.5 Å². The van der Waals surface area contributed by atoms with Gasteiger partial charge in [0.2, 0.25) is 0 Å². The molecule has 2 aliphatic rings. The van der Waals surface area contributed by atoms with Crippen LogP contribution in [0.3, 0.4) is 0 Å². The number of unbranched alkanes of at least 4 members (excludes halogenated alkanes) is 1. The Morgan fingerprint density at radius 2 is 1.70 bits per heavy atom. The van der Waals surface area contributed by atoms with E-state index >= 15 is 0 Å². The van der Waals surface area contributed by atoms with Crippen molar-refractivity contribution in [1.29, 1.82) is 0 Å². The molecule has 0 spiro atoms. The number of rotatable bonds is 8. The van der Waals surface area contributed by atoms with E-state index in [4.69, 9.17) is 0 Å². The molecular weight excluding hydrogens is 286 g/mol. The lowest BCUT2D eigenvalue weighted by atomic mass is 9.80. The van der Waals surface area contributed by atoms with Crippen LogP contribution in [0.4, 0.5) is 0 Å². The Hall–Kier alpha value is -2.16. The fourth-order valence-electron chi connectivity index (χ4n) is 3.31. The quantitative estimate of drug-likeness (QED) is 0.417. The van der Waals surface area contributed by atoms with Crippen LogP contribution < -0.4 is 0 Å². The second kappa shape index (κ2) is 7.40. The highest BCUT2D eigenvalue weighted by molar-refractivity contribution is 6.12. The lowest BCUT2D eigenvalue weighted by Gasteiger charge is -2.26. The summed E-state index contributed by atoms with van der Waals surface area (Å²) in [4.78, 5) is 24.4. The van der Waals surface area contributed by atoms with Crippen molar-refractivity contribution in [1.82, 2.24) is 4.90 Å². The molecule has 1 aliphatic heterocycles. The summed E-state index contributed by atoms with van der Waals surface area (Å²) in [5.74, 6) is 0.268. The monoisotopic (exact) mass is 309 g/mol. The van der Waals surface area contributed by atoms with Crippen LogP contribution >= 0.6 is 0 Å². The summed E-state index contributed by atoms with van der Waals surface area (Å²) in [6, 6.07) is 10.6. The maximum Gasteiger partial charge on any atom is 0.253 e. The SMILES string of the molecule is O=C1C=CC(=O)N1CCCCC(Cc1ccccc1)C1=CCC1. The Kier molecular flexibility index (Phi) is 5.06. The van der Waals surface area contributed by atoms with Crippen molar-refractivity contribution in [2.24, 2.45) is 5.92 Å². The molecule has 1 unspecified atom stereocenters. The van der Waals surface area contributed by atoms with Crippen LogP contribution in [-0.2, 0) is 16.0 Å². The molecule has 0 fully saturated rings. The van der Waals surface area contributed by atoms with Crippen molar-refractivity contribution in [2.45, 2.75) is 38.5 Å². The predicted molar refractivity (Wildman–Crippen MR) is 90.7 cm³/mol. The highest BCUT2D eigenvalue weighted by Gasteiger charge is 2.23. The van der Waals surface area contributed by atoms with Gasteiger partial charge in [0.1, 0.15) is 0 Å². The maximum absolute atomic E-state index is 11.5. The number of hydrogen-bond donors (Lipinski definition) is 0. The van der Waals surface area contributed by atoms with Crippen molar-refractivity contribution >= 4 is 11.8 Å². The summed E-state index contributed by atoms with van der Waals surface area (Å²) < 4.78 is 0. The number of benzene rings is 1. The molecular formula is C20H23NO2. The average Bonchev–Trinajstić information content (AvgIpc) is 2.82. The topological polar surface area (TPSA) is 37.4 Å². The number of imide groups is 1. The van der Waals surface area contributed by atoms with Crippen molar-refractivity contribution in [3.05, 3.63) is 59.7 Å². The molecule has 120 valence electrons. The predicted octanol–water partition coefficient (Wildman–Crippen LogP) is 3.66. The number of hydrogen-bond acceptors (Lipinski definition) is 2. The largest absolute Gasteiger partial charge is 0.275 e. The number of nitrogens with zero attached hydrogens (tertiary/aromatic N) is 1. The zero-order valence-corrected chi connectivity index (χ0v) is 13.4. The third-order valence-electron chi connectivity index (χ3n) is 4.77. The Labute approximate surface area is 137 Å². The van der Waals surface area contributed by atoms with E-state index in [-0.39, 0.29) is 11.8 Å². The van der Waals surface area contributed by atoms with Gasteiger partial charge in [0, 0.05) is 18.7 Å². The van der Waals surface area contributed by atoms with Gasteiger partial charge in [-0.25, -0.2) is 0 Å². The molecule has 1 aliphatic carbocycles. The van der Waals surface area contributed by atoms with Gasteiger partial charge < -0.3 is 0 Å². The Morgan fingerprint density at radius 1 is 1.00 bits per heavy atom. The van der Waals surface area contributed by atoms with Gasteiger partial charge in [-0.1, -0.05) is 48.4 Å². The molecule has 23 heavy (non-hydrogen) atoms. The minimum absolute atomic E-state index is 0.169. The first-order chi connectivity index (χ1) is 11.2. The number of carbonyl (C=O) groups excluding carboxylic acids is 2. The zero-order valence-electron chi connectivity index (χ0n) is 13.4. The number of amides is 2.